The standard InChI is InChI=1S/C19H21ClN2/c1-22(2)12-11-15-13-17-16(9-6-10-18(17)20)19(21-15)14-7-4-3-5-8-14/h3-10,15H,11-13H2,1-2H3. The van der Waals surface area contributed by atoms with Crippen LogP contribution in [0.1, 0.15) is 23.1 Å². The van der Waals surface area contributed by atoms with E-state index in [-0.39, 0.29) is 0 Å². The Balaban J connectivity index is 2.01. The fourth-order valence-corrected chi connectivity index (χ4v) is 3.17. The van der Waals surface area contributed by atoms with E-state index in [9.17, 15) is 0 Å². The summed E-state index contributed by atoms with van der Waals surface area (Å²) in [6, 6.07) is 16.8. The van der Waals surface area contributed by atoms with Gasteiger partial charge in [-0.25, -0.2) is 0 Å². The molecule has 1 aliphatic rings. The van der Waals surface area contributed by atoms with Crippen molar-refractivity contribution in [3.05, 3.63) is 70.2 Å². The highest BCUT2D eigenvalue weighted by Crippen LogP contribution is 2.30. The Morgan fingerprint density at radius 3 is 2.59 bits per heavy atom. The summed E-state index contributed by atoms with van der Waals surface area (Å²) in [5.41, 5.74) is 4.66. The molecule has 1 heterocycles. The number of nitrogens with zero attached hydrogens (tertiary/aromatic N) is 2. The molecule has 3 rings (SSSR count). The molecule has 0 bridgehead atoms. The fraction of sp³-hybridized carbons (Fsp3) is 0.316. The molecule has 22 heavy (non-hydrogen) atoms. The van der Waals surface area contributed by atoms with Crippen molar-refractivity contribution in [3.63, 3.8) is 0 Å². The third kappa shape index (κ3) is 3.23. The second-order valence-electron chi connectivity index (χ2n) is 6.06. The van der Waals surface area contributed by atoms with Crippen LogP contribution in [-0.2, 0) is 6.42 Å². The molecular formula is C19H21ClN2. The molecule has 0 saturated heterocycles. The Labute approximate surface area is 137 Å². The molecule has 0 fully saturated rings. The minimum atomic E-state index is 0.296. The van der Waals surface area contributed by atoms with Crippen molar-refractivity contribution in [1.29, 1.82) is 0 Å². The second-order valence-corrected chi connectivity index (χ2v) is 6.47. The summed E-state index contributed by atoms with van der Waals surface area (Å²) in [7, 11) is 4.21. The average molecular weight is 313 g/mol. The highest BCUT2D eigenvalue weighted by atomic mass is 35.5. The molecule has 0 spiro atoms. The Hall–Kier alpha value is -1.64. The quantitative estimate of drug-likeness (QED) is 0.831. The lowest BCUT2D eigenvalue weighted by molar-refractivity contribution is 0.379. The predicted molar refractivity (Wildman–Crippen MR) is 94.2 cm³/mol. The van der Waals surface area contributed by atoms with Crippen LogP contribution >= 0.6 is 11.6 Å². The first-order chi connectivity index (χ1) is 10.6. The molecule has 0 amide bonds. The normalized spacial score (nSPS) is 17.3. The Morgan fingerprint density at radius 2 is 1.86 bits per heavy atom. The molecule has 1 atom stereocenters. The molecule has 0 aliphatic carbocycles. The Kier molecular flexibility index (Phi) is 4.60. The first-order valence-corrected chi connectivity index (χ1v) is 8.08. The van der Waals surface area contributed by atoms with Crippen molar-refractivity contribution >= 4 is 17.3 Å². The van der Waals surface area contributed by atoms with Gasteiger partial charge in [0.2, 0.25) is 0 Å². The largest absolute Gasteiger partial charge is 0.309 e. The summed E-state index contributed by atoms with van der Waals surface area (Å²) < 4.78 is 0. The molecular weight excluding hydrogens is 292 g/mol. The number of hydrogen-bond donors (Lipinski definition) is 0. The summed E-state index contributed by atoms with van der Waals surface area (Å²) in [5, 5.41) is 0.857. The van der Waals surface area contributed by atoms with Gasteiger partial charge in [0.15, 0.2) is 0 Å². The molecule has 0 N–H and O–H groups in total. The maximum Gasteiger partial charge on any atom is 0.0725 e. The summed E-state index contributed by atoms with van der Waals surface area (Å²) in [4.78, 5) is 7.25. The molecule has 1 unspecified atom stereocenters. The van der Waals surface area contributed by atoms with E-state index in [1.807, 2.05) is 18.2 Å². The van der Waals surface area contributed by atoms with Gasteiger partial charge in [0.05, 0.1) is 11.8 Å². The van der Waals surface area contributed by atoms with Crippen LogP contribution < -0.4 is 0 Å². The number of benzene rings is 2. The Morgan fingerprint density at radius 1 is 1.09 bits per heavy atom. The molecule has 0 saturated carbocycles. The van der Waals surface area contributed by atoms with Gasteiger partial charge in [0.1, 0.15) is 0 Å². The van der Waals surface area contributed by atoms with Gasteiger partial charge >= 0.3 is 0 Å². The first kappa shape index (κ1) is 15.3. The molecule has 3 heteroatoms. The minimum absolute atomic E-state index is 0.296. The van der Waals surface area contributed by atoms with Crippen molar-refractivity contribution in [2.24, 2.45) is 4.99 Å². The van der Waals surface area contributed by atoms with Crippen molar-refractivity contribution in [3.8, 4) is 0 Å². The summed E-state index contributed by atoms with van der Waals surface area (Å²) >= 11 is 6.46. The molecule has 0 aromatic heterocycles. The lowest BCUT2D eigenvalue weighted by atomic mass is 9.89. The van der Waals surface area contributed by atoms with E-state index in [2.05, 4.69) is 49.3 Å². The van der Waals surface area contributed by atoms with Gasteiger partial charge in [-0.15, -0.1) is 0 Å². The van der Waals surface area contributed by atoms with Gasteiger partial charge in [-0.3, -0.25) is 4.99 Å². The lowest BCUT2D eigenvalue weighted by Gasteiger charge is -2.25. The molecule has 1 aliphatic heterocycles. The SMILES string of the molecule is CN(C)CCC1Cc2c(Cl)cccc2C(c2ccccc2)=N1. The van der Waals surface area contributed by atoms with Gasteiger partial charge in [-0.05, 0) is 45.1 Å². The van der Waals surface area contributed by atoms with Crippen molar-refractivity contribution in [2.45, 2.75) is 18.9 Å². The minimum Gasteiger partial charge on any atom is -0.309 e. The van der Waals surface area contributed by atoms with Gasteiger partial charge in [0, 0.05) is 16.1 Å². The van der Waals surface area contributed by atoms with Gasteiger partial charge in [-0.2, -0.15) is 0 Å². The van der Waals surface area contributed by atoms with E-state index in [1.165, 1.54) is 16.7 Å². The van der Waals surface area contributed by atoms with E-state index in [0.717, 1.165) is 30.1 Å². The highest BCUT2D eigenvalue weighted by Gasteiger charge is 2.23. The zero-order chi connectivity index (χ0) is 15.5. The zero-order valence-corrected chi connectivity index (χ0v) is 13.8. The maximum atomic E-state index is 6.46. The van der Waals surface area contributed by atoms with Crippen LogP contribution in [-0.4, -0.2) is 37.3 Å². The summed E-state index contributed by atoms with van der Waals surface area (Å²) in [6.07, 6.45) is 1.98. The van der Waals surface area contributed by atoms with Crippen LogP contribution in [0.15, 0.2) is 53.5 Å². The van der Waals surface area contributed by atoms with E-state index in [1.54, 1.807) is 0 Å². The van der Waals surface area contributed by atoms with Gasteiger partial charge in [0.25, 0.3) is 0 Å². The molecule has 2 nitrogen and oxygen atoms in total. The van der Waals surface area contributed by atoms with E-state index in [0.29, 0.717) is 6.04 Å². The highest BCUT2D eigenvalue weighted by molar-refractivity contribution is 6.32. The fourth-order valence-electron chi connectivity index (χ4n) is 2.92. The first-order valence-electron chi connectivity index (χ1n) is 7.71. The number of hydrogen-bond acceptors (Lipinski definition) is 2. The zero-order valence-electron chi connectivity index (χ0n) is 13.1. The molecule has 2 aromatic rings. The van der Waals surface area contributed by atoms with Crippen molar-refractivity contribution < 1.29 is 0 Å². The monoisotopic (exact) mass is 312 g/mol. The van der Waals surface area contributed by atoms with E-state index in [4.69, 9.17) is 16.6 Å². The number of halogens is 1. The smallest absolute Gasteiger partial charge is 0.0725 e. The topological polar surface area (TPSA) is 15.6 Å². The number of rotatable bonds is 4. The molecule has 0 radical (unpaired) electrons. The van der Waals surface area contributed by atoms with Crippen LogP contribution in [0, 0.1) is 0 Å². The van der Waals surface area contributed by atoms with Gasteiger partial charge < -0.3 is 4.90 Å². The summed E-state index contributed by atoms with van der Waals surface area (Å²) in [5.74, 6) is 0. The molecule has 114 valence electrons. The van der Waals surface area contributed by atoms with E-state index >= 15 is 0 Å². The van der Waals surface area contributed by atoms with Crippen LogP contribution in [0.2, 0.25) is 5.02 Å². The second kappa shape index (κ2) is 6.64. The van der Waals surface area contributed by atoms with Crippen LogP contribution in [0.25, 0.3) is 0 Å². The third-order valence-electron chi connectivity index (χ3n) is 4.08. The number of fused-ring (bicyclic) bond motifs is 1. The average Bonchev–Trinajstić information content (AvgIpc) is 2.54. The number of aliphatic imine (C=N–C) groups is 1. The third-order valence-corrected chi connectivity index (χ3v) is 4.44. The predicted octanol–water partition coefficient (Wildman–Crippen LogP) is 4.05. The van der Waals surface area contributed by atoms with Gasteiger partial charge in [-0.1, -0.05) is 54.1 Å². The summed E-state index contributed by atoms with van der Waals surface area (Å²) in [6.45, 7) is 1.04. The Bertz CT molecular complexity index is 677. The molecule has 2 aromatic carbocycles. The van der Waals surface area contributed by atoms with Crippen LogP contribution in [0.3, 0.4) is 0 Å². The van der Waals surface area contributed by atoms with Crippen molar-refractivity contribution in [2.75, 3.05) is 20.6 Å². The van der Waals surface area contributed by atoms with E-state index < -0.39 is 0 Å². The lowest BCUT2D eigenvalue weighted by Crippen LogP contribution is -2.26. The van der Waals surface area contributed by atoms with Crippen LogP contribution in [0.4, 0.5) is 0 Å². The maximum absolute atomic E-state index is 6.46. The van der Waals surface area contributed by atoms with Crippen LogP contribution in [0.5, 0.6) is 0 Å². The van der Waals surface area contributed by atoms with Crippen molar-refractivity contribution in [1.82, 2.24) is 4.90 Å².